The van der Waals surface area contributed by atoms with Gasteiger partial charge in [0.15, 0.2) is 5.60 Å². The molecule has 11 heteroatoms. The Kier molecular flexibility index (Phi) is 11.7. The van der Waals surface area contributed by atoms with Crippen LogP contribution in [-0.2, 0) is 32.9 Å². The first-order chi connectivity index (χ1) is 27.1. The second-order valence-corrected chi connectivity index (χ2v) is 20.5. The second-order valence-electron chi connectivity index (χ2n) is 15.8. The number of carbonyl (C=O) groups excluding carboxylic acids is 2. The second kappa shape index (κ2) is 16.5. The first kappa shape index (κ1) is 39.7. The standard InChI is InChI=1S/C45H55N3O7Si/c1-6-54-35-19-22-39-32(27-35)28-38(46-24-9-10-25-49)43(51)48(39)33-15-13-31(14-16-33)29-47-40-12-8-7-11-37(40)45(44(47)52)30(2)42(41(55-45)23-26-50)56(4,5)36-20-17-34(53-3)18-21-36/h7-8,11-22,27,30,38,41-42,46,49-50H,6,9-10,23-26,28-29H2,1-5H3/t30-,38?,41+,42-,45+/m0/s1. The molecule has 4 aromatic rings. The number of fused-ring (bicyclic) bond motifs is 3. The maximum atomic E-state index is 15.0. The molecule has 3 aliphatic heterocycles. The van der Waals surface area contributed by atoms with Crippen LogP contribution in [0.5, 0.6) is 11.5 Å². The normalized spacial score (nSPS) is 23.1. The number of carbonyl (C=O) groups is 2. The molecule has 1 unspecified atom stereocenters. The number of benzene rings is 4. The van der Waals surface area contributed by atoms with Gasteiger partial charge in [-0.2, -0.15) is 0 Å². The Balaban J connectivity index is 1.17. The number of anilines is 3. The third-order valence-corrected chi connectivity index (χ3v) is 16.6. The van der Waals surface area contributed by atoms with Crippen LogP contribution >= 0.6 is 0 Å². The van der Waals surface area contributed by atoms with Crippen molar-refractivity contribution in [1.29, 1.82) is 0 Å². The maximum absolute atomic E-state index is 15.0. The van der Waals surface area contributed by atoms with E-state index in [0.717, 1.165) is 51.7 Å². The number of rotatable bonds is 15. The minimum atomic E-state index is -2.28. The van der Waals surface area contributed by atoms with Gasteiger partial charge in [-0.1, -0.05) is 67.7 Å². The molecule has 5 atom stereocenters. The molecular formula is C45H55N3O7Si. The molecule has 7 rings (SSSR count). The molecule has 4 aromatic carbocycles. The molecule has 0 bridgehead atoms. The van der Waals surface area contributed by atoms with Crippen LogP contribution in [0.15, 0.2) is 91.0 Å². The predicted octanol–water partition coefficient (Wildman–Crippen LogP) is 6.19. The van der Waals surface area contributed by atoms with Crippen molar-refractivity contribution >= 4 is 42.1 Å². The van der Waals surface area contributed by atoms with Crippen LogP contribution in [0.25, 0.3) is 0 Å². The summed E-state index contributed by atoms with van der Waals surface area (Å²) in [6.45, 7) is 10.4. The van der Waals surface area contributed by atoms with Gasteiger partial charge in [-0.05, 0) is 104 Å². The highest BCUT2D eigenvalue weighted by Crippen LogP contribution is 2.60. The van der Waals surface area contributed by atoms with Crippen molar-refractivity contribution in [2.75, 3.05) is 43.3 Å². The van der Waals surface area contributed by atoms with E-state index in [1.807, 2.05) is 90.7 Å². The van der Waals surface area contributed by atoms with Gasteiger partial charge in [0.25, 0.3) is 5.91 Å². The minimum Gasteiger partial charge on any atom is -0.497 e. The largest absolute Gasteiger partial charge is 0.497 e. The lowest BCUT2D eigenvalue weighted by atomic mass is 9.82. The van der Waals surface area contributed by atoms with Crippen molar-refractivity contribution in [2.24, 2.45) is 5.92 Å². The number of nitrogens with one attached hydrogen (secondary N) is 1. The Morgan fingerprint density at radius 2 is 1.64 bits per heavy atom. The van der Waals surface area contributed by atoms with E-state index in [2.05, 4.69) is 37.5 Å². The van der Waals surface area contributed by atoms with Gasteiger partial charge in [-0.3, -0.25) is 14.5 Å². The summed E-state index contributed by atoms with van der Waals surface area (Å²) >= 11 is 0. The first-order valence-electron chi connectivity index (χ1n) is 20.0. The van der Waals surface area contributed by atoms with E-state index >= 15 is 4.79 Å². The summed E-state index contributed by atoms with van der Waals surface area (Å²) in [7, 11) is -0.614. The smallest absolute Gasteiger partial charge is 0.264 e. The van der Waals surface area contributed by atoms with E-state index in [1.165, 1.54) is 5.19 Å². The summed E-state index contributed by atoms with van der Waals surface area (Å²) in [5.41, 5.74) is 4.09. The Bertz CT molecular complexity index is 2020. The van der Waals surface area contributed by atoms with Crippen LogP contribution in [0.2, 0.25) is 18.6 Å². The minimum absolute atomic E-state index is 0.0266. The zero-order chi connectivity index (χ0) is 39.6. The highest BCUT2D eigenvalue weighted by molar-refractivity contribution is 6.91. The van der Waals surface area contributed by atoms with E-state index in [4.69, 9.17) is 14.2 Å². The maximum Gasteiger partial charge on any atom is 0.264 e. The molecule has 2 amide bonds. The number of aliphatic hydroxyl groups is 2. The van der Waals surface area contributed by atoms with Crippen molar-refractivity contribution in [2.45, 2.75) is 82.5 Å². The Hall–Kier alpha value is -4.52. The lowest BCUT2D eigenvalue weighted by Gasteiger charge is -2.37. The molecule has 0 aromatic heterocycles. The molecule has 56 heavy (non-hydrogen) atoms. The highest BCUT2D eigenvalue weighted by atomic mass is 28.3. The number of para-hydroxylation sites is 1. The zero-order valence-corrected chi connectivity index (χ0v) is 34.2. The third kappa shape index (κ3) is 7.04. The molecule has 3 aliphatic rings. The van der Waals surface area contributed by atoms with Crippen LogP contribution in [0.3, 0.4) is 0 Å². The zero-order valence-electron chi connectivity index (χ0n) is 33.2. The number of methoxy groups -OCH3 is 1. The molecular weight excluding hydrogens is 723 g/mol. The SMILES string of the molecule is CCOc1ccc2c(c1)CC(NCCCCO)C(=O)N2c1ccc(CN2C(=O)[C@]3(O[C@H](CCO)[C@@H]([Si](C)(C)c4ccc(OC)cc4)[C@@H]3C)c3ccccc32)cc1. The van der Waals surface area contributed by atoms with E-state index in [1.54, 1.807) is 12.0 Å². The van der Waals surface area contributed by atoms with Crippen molar-refractivity contribution in [3.8, 4) is 11.5 Å². The quantitative estimate of drug-likeness (QED) is 0.0967. The number of hydrogen-bond acceptors (Lipinski definition) is 8. The number of nitrogens with zero attached hydrogens (tertiary/aromatic N) is 2. The Morgan fingerprint density at radius 1 is 0.911 bits per heavy atom. The molecule has 1 spiro atoms. The fourth-order valence-corrected chi connectivity index (χ4v) is 13.5. The summed E-state index contributed by atoms with van der Waals surface area (Å²) in [5, 5.41) is 24.2. The Morgan fingerprint density at radius 3 is 2.34 bits per heavy atom. The van der Waals surface area contributed by atoms with Gasteiger partial charge >= 0.3 is 0 Å². The fourth-order valence-electron chi connectivity index (χ4n) is 9.48. The highest BCUT2D eigenvalue weighted by Gasteiger charge is 2.66. The van der Waals surface area contributed by atoms with Crippen LogP contribution in [-0.4, -0.2) is 75.7 Å². The predicted molar refractivity (Wildman–Crippen MR) is 222 cm³/mol. The lowest BCUT2D eigenvalue weighted by molar-refractivity contribution is -0.146. The molecule has 296 valence electrons. The number of aliphatic hydroxyl groups excluding tert-OH is 2. The van der Waals surface area contributed by atoms with E-state index in [0.29, 0.717) is 39.0 Å². The molecule has 0 radical (unpaired) electrons. The monoisotopic (exact) mass is 777 g/mol. The summed E-state index contributed by atoms with van der Waals surface area (Å²) in [6.07, 6.45) is 2.15. The van der Waals surface area contributed by atoms with Gasteiger partial charge in [-0.15, -0.1) is 0 Å². The molecule has 3 heterocycles. The van der Waals surface area contributed by atoms with Crippen molar-refractivity contribution in [1.82, 2.24) is 5.32 Å². The van der Waals surface area contributed by atoms with Crippen molar-refractivity contribution < 1.29 is 34.0 Å². The number of unbranched alkanes of at least 4 members (excludes halogenated alkanes) is 1. The average Bonchev–Trinajstić information content (AvgIpc) is 3.63. The molecule has 1 fully saturated rings. The van der Waals surface area contributed by atoms with E-state index < -0.39 is 19.7 Å². The van der Waals surface area contributed by atoms with Gasteiger partial charge < -0.3 is 34.6 Å². The van der Waals surface area contributed by atoms with Crippen molar-refractivity contribution in [3.63, 3.8) is 0 Å². The topological polar surface area (TPSA) is 121 Å². The number of amides is 2. The van der Waals surface area contributed by atoms with Crippen LogP contribution in [0, 0.1) is 5.92 Å². The molecule has 0 saturated carbocycles. The fraction of sp³-hybridized carbons (Fsp3) is 0.422. The van der Waals surface area contributed by atoms with Crippen LogP contribution in [0.4, 0.5) is 17.1 Å². The summed E-state index contributed by atoms with van der Waals surface area (Å²) in [6, 6.07) is 29.6. The van der Waals surface area contributed by atoms with Crippen molar-refractivity contribution in [3.05, 3.63) is 108 Å². The average molecular weight is 778 g/mol. The van der Waals surface area contributed by atoms with Gasteiger partial charge in [0, 0.05) is 30.4 Å². The van der Waals surface area contributed by atoms with E-state index in [-0.39, 0.29) is 42.6 Å². The summed E-state index contributed by atoms with van der Waals surface area (Å²) in [4.78, 5) is 32.7. The molecule has 0 aliphatic carbocycles. The summed E-state index contributed by atoms with van der Waals surface area (Å²) in [5.74, 6) is 1.30. The lowest BCUT2D eigenvalue weighted by Crippen LogP contribution is -2.51. The van der Waals surface area contributed by atoms with Crippen LogP contribution in [0.1, 0.15) is 49.8 Å². The van der Waals surface area contributed by atoms with Gasteiger partial charge in [0.1, 0.15) is 11.5 Å². The molecule has 1 saturated heterocycles. The van der Waals surface area contributed by atoms with Gasteiger partial charge in [-0.25, -0.2) is 0 Å². The number of hydrogen-bond donors (Lipinski definition) is 3. The van der Waals surface area contributed by atoms with Crippen LogP contribution < -0.4 is 29.8 Å². The third-order valence-electron chi connectivity index (χ3n) is 12.2. The number of ether oxygens (including phenoxy) is 3. The molecule has 10 nitrogen and oxygen atoms in total. The summed E-state index contributed by atoms with van der Waals surface area (Å²) < 4.78 is 18.3. The van der Waals surface area contributed by atoms with E-state index in [9.17, 15) is 15.0 Å². The first-order valence-corrected chi connectivity index (χ1v) is 23.0. The van der Waals surface area contributed by atoms with Gasteiger partial charge in [0.2, 0.25) is 5.91 Å². The Labute approximate surface area is 331 Å². The van der Waals surface area contributed by atoms with Gasteiger partial charge in [0.05, 0.1) is 51.9 Å². The molecule has 3 N–H and O–H groups in total.